The summed E-state index contributed by atoms with van der Waals surface area (Å²) in [6, 6.07) is 14.7. The van der Waals surface area contributed by atoms with Crippen LogP contribution in [0.4, 0.5) is 0 Å². The van der Waals surface area contributed by atoms with Crippen molar-refractivity contribution in [2.24, 2.45) is 0 Å². The summed E-state index contributed by atoms with van der Waals surface area (Å²) in [5.41, 5.74) is 3.73. The maximum Gasteiger partial charge on any atom is 0.0446 e. The molecule has 2 unspecified atom stereocenters. The van der Waals surface area contributed by atoms with Crippen LogP contribution < -0.4 is 0 Å². The van der Waals surface area contributed by atoms with Gasteiger partial charge in [0.15, 0.2) is 0 Å². The summed E-state index contributed by atoms with van der Waals surface area (Å²) in [4.78, 5) is 4.38. The van der Waals surface area contributed by atoms with Gasteiger partial charge in [0.2, 0.25) is 0 Å². The number of aromatic nitrogens is 1. The lowest BCUT2D eigenvalue weighted by Gasteiger charge is -2.17. The number of pyridine rings is 1. The maximum atomic E-state index is 6.51. The van der Waals surface area contributed by atoms with Crippen molar-refractivity contribution < 1.29 is 0 Å². The van der Waals surface area contributed by atoms with Crippen LogP contribution in [0.5, 0.6) is 0 Å². The molecule has 2 aromatic rings. The molecule has 0 radical (unpaired) electrons. The van der Waals surface area contributed by atoms with Crippen molar-refractivity contribution in [2.45, 2.75) is 38.0 Å². The molecule has 1 nitrogen and oxygen atoms in total. The number of halogens is 1. The molecule has 2 rings (SSSR count). The molecule has 0 spiro atoms. The van der Waals surface area contributed by atoms with Crippen LogP contribution in [0, 0.1) is 6.92 Å². The van der Waals surface area contributed by atoms with E-state index in [9.17, 15) is 0 Å². The zero-order chi connectivity index (χ0) is 13.7. The molecule has 0 aliphatic carbocycles. The average molecular weight is 274 g/mol. The van der Waals surface area contributed by atoms with Crippen molar-refractivity contribution in [3.8, 4) is 0 Å². The first kappa shape index (κ1) is 14.1. The minimum atomic E-state index is 0.121. The van der Waals surface area contributed by atoms with Crippen LogP contribution in [0.3, 0.4) is 0 Å². The van der Waals surface area contributed by atoms with E-state index in [0.29, 0.717) is 0 Å². The molecule has 2 atom stereocenters. The van der Waals surface area contributed by atoms with Crippen molar-refractivity contribution in [1.82, 2.24) is 4.98 Å². The standard InChI is InChI=1S/C17H20ClN/c1-13-6-8-15(9-7-13)10-11-16(18)14(2)17-5-3-4-12-19-17/h3-9,12,14,16H,10-11H2,1-2H3. The number of hydrogen-bond donors (Lipinski definition) is 0. The predicted octanol–water partition coefficient (Wildman–Crippen LogP) is 4.73. The highest BCUT2D eigenvalue weighted by Gasteiger charge is 2.17. The zero-order valence-electron chi connectivity index (χ0n) is 11.5. The maximum absolute atomic E-state index is 6.51. The van der Waals surface area contributed by atoms with E-state index < -0.39 is 0 Å². The van der Waals surface area contributed by atoms with Crippen molar-refractivity contribution in [1.29, 1.82) is 0 Å². The van der Waals surface area contributed by atoms with Gasteiger partial charge in [-0.2, -0.15) is 0 Å². The van der Waals surface area contributed by atoms with E-state index in [0.717, 1.165) is 18.5 Å². The molecule has 1 heterocycles. The lowest BCUT2D eigenvalue weighted by atomic mass is 9.97. The quantitative estimate of drug-likeness (QED) is 0.718. The van der Waals surface area contributed by atoms with Gasteiger partial charge >= 0.3 is 0 Å². The van der Waals surface area contributed by atoms with Crippen molar-refractivity contribution in [2.75, 3.05) is 0 Å². The minimum Gasteiger partial charge on any atom is -0.261 e. The van der Waals surface area contributed by atoms with Crippen LogP contribution in [0.2, 0.25) is 0 Å². The van der Waals surface area contributed by atoms with Gasteiger partial charge in [0.05, 0.1) is 0 Å². The molecule has 0 bridgehead atoms. The van der Waals surface area contributed by atoms with E-state index in [1.165, 1.54) is 11.1 Å². The van der Waals surface area contributed by atoms with Crippen LogP contribution in [-0.4, -0.2) is 10.4 Å². The van der Waals surface area contributed by atoms with Crippen LogP contribution in [0.15, 0.2) is 48.7 Å². The Hall–Kier alpha value is -1.34. The fourth-order valence-corrected chi connectivity index (χ4v) is 2.38. The number of nitrogens with zero attached hydrogens (tertiary/aromatic N) is 1. The molecule has 0 amide bonds. The Morgan fingerprint density at radius 1 is 1.11 bits per heavy atom. The minimum absolute atomic E-state index is 0.121. The molecule has 100 valence electrons. The Bertz CT molecular complexity index is 492. The molecule has 0 aliphatic rings. The summed E-state index contributed by atoms with van der Waals surface area (Å²) in [6.07, 6.45) is 3.82. The lowest BCUT2D eigenvalue weighted by Crippen LogP contribution is -2.12. The SMILES string of the molecule is Cc1ccc(CCC(Cl)C(C)c2ccccn2)cc1. The monoisotopic (exact) mass is 273 g/mol. The highest BCUT2D eigenvalue weighted by atomic mass is 35.5. The second-order valence-electron chi connectivity index (χ2n) is 5.08. The summed E-state index contributed by atoms with van der Waals surface area (Å²) >= 11 is 6.51. The van der Waals surface area contributed by atoms with Crippen LogP contribution in [0.1, 0.15) is 36.1 Å². The average Bonchev–Trinajstić information content (AvgIpc) is 2.46. The number of alkyl halides is 1. The molecule has 0 fully saturated rings. The normalized spacial score (nSPS) is 14.1. The van der Waals surface area contributed by atoms with Gasteiger partial charge in [-0.15, -0.1) is 11.6 Å². The summed E-state index contributed by atoms with van der Waals surface area (Å²) in [5, 5.41) is 0.121. The first-order valence-electron chi connectivity index (χ1n) is 6.77. The molecule has 1 aromatic heterocycles. The second kappa shape index (κ2) is 6.72. The van der Waals surface area contributed by atoms with E-state index in [1.54, 1.807) is 0 Å². The Labute approximate surface area is 120 Å². The van der Waals surface area contributed by atoms with Gasteiger partial charge in [-0.25, -0.2) is 0 Å². The van der Waals surface area contributed by atoms with E-state index in [4.69, 9.17) is 11.6 Å². The van der Waals surface area contributed by atoms with Crippen LogP contribution in [-0.2, 0) is 6.42 Å². The van der Waals surface area contributed by atoms with Gasteiger partial charge in [0, 0.05) is 23.2 Å². The Kier molecular flexibility index (Phi) is 4.98. The summed E-state index contributed by atoms with van der Waals surface area (Å²) in [6.45, 7) is 4.26. The third-order valence-corrected chi connectivity index (χ3v) is 4.12. The van der Waals surface area contributed by atoms with Crippen LogP contribution in [0.25, 0.3) is 0 Å². The first-order valence-corrected chi connectivity index (χ1v) is 7.21. The molecule has 0 N–H and O–H groups in total. The molecule has 19 heavy (non-hydrogen) atoms. The largest absolute Gasteiger partial charge is 0.261 e. The Morgan fingerprint density at radius 3 is 2.47 bits per heavy atom. The van der Waals surface area contributed by atoms with Gasteiger partial charge in [-0.3, -0.25) is 4.98 Å². The topological polar surface area (TPSA) is 12.9 Å². The number of rotatable bonds is 5. The smallest absolute Gasteiger partial charge is 0.0446 e. The van der Waals surface area contributed by atoms with Crippen molar-refractivity contribution in [3.63, 3.8) is 0 Å². The van der Waals surface area contributed by atoms with E-state index in [-0.39, 0.29) is 11.3 Å². The van der Waals surface area contributed by atoms with Gasteiger partial charge < -0.3 is 0 Å². The fraction of sp³-hybridized carbons (Fsp3) is 0.353. The van der Waals surface area contributed by atoms with Gasteiger partial charge in [-0.05, 0) is 37.5 Å². The fourth-order valence-electron chi connectivity index (χ4n) is 2.14. The number of hydrogen-bond acceptors (Lipinski definition) is 1. The van der Waals surface area contributed by atoms with Crippen molar-refractivity contribution in [3.05, 3.63) is 65.5 Å². The molecule has 1 aromatic carbocycles. The van der Waals surface area contributed by atoms with Gasteiger partial charge in [0.25, 0.3) is 0 Å². The summed E-state index contributed by atoms with van der Waals surface area (Å²) in [7, 11) is 0. The molecule has 0 aliphatic heterocycles. The van der Waals surface area contributed by atoms with E-state index in [1.807, 2.05) is 24.4 Å². The zero-order valence-corrected chi connectivity index (χ0v) is 12.3. The number of aryl methyl sites for hydroxylation is 2. The first-order chi connectivity index (χ1) is 9.16. The van der Waals surface area contributed by atoms with Gasteiger partial charge in [-0.1, -0.05) is 42.8 Å². The van der Waals surface area contributed by atoms with Gasteiger partial charge in [0.1, 0.15) is 0 Å². The highest BCUT2D eigenvalue weighted by molar-refractivity contribution is 6.21. The predicted molar refractivity (Wildman–Crippen MR) is 81.8 cm³/mol. The second-order valence-corrected chi connectivity index (χ2v) is 5.64. The van der Waals surface area contributed by atoms with E-state index >= 15 is 0 Å². The third kappa shape index (κ3) is 4.07. The third-order valence-electron chi connectivity index (χ3n) is 3.53. The Morgan fingerprint density at radius 2 is 1.84 bits per heavy atom. The highest BCUT2D eigenvalue weighted by Crippen LogP contribution is 2.25. The summed E-state index contributed by atoms with van der Waals surface area (Å²) in [5.74, 6) is 0.285. The molecule has 2 heteroatoms. The molecule has 0 saturated heterocycles. The number of benzene rings is 1. The van der Waals surface area contributed by atoms with Crippen molar-refractivity contribution >= 4 is 11.6 Å². The molecule has 0 saturated carbocycles. The molecular formula is C17H20ClN. The van der Waals surface area contributed by atoms with E-state index in [2.05, 4.69) is 43.1 Å². The summed E-state index contributed by atoms with van der Waals surface area (Å²) < 4.78 is 0. The Balaban J connectivity index is 1.90. The van der Waals surface area contributed by atoms with Crippen LogP contribution >= 0.6 is 11.6 Å². The molecular weight excluding hydrogens is 254 g/mol. The lowest BCUT2D eigenvalue weighted by molar-refractivity contribution is 0.629.